The van der Waals surface area contributed by atoms with Crippen LogP contribution >= 0.6 is 15.9 Å². The Bertz CT molecular complexity index is 819. The molecule has 4 heteroatoms. The molecule has 0 aliphatic heterocycles. The molecule has 0 saturated heterocycles. The molecular weight excluding hydrogens is 332 g/mol. The maximum Gasteiger partial charge on any atom is 0.195 e. The van der Waals surface area contributed by atoms with Crippen LogP contribution in [0.25, 0.3) is 4.48 Å². The van der Waals surface area contributed by atoms with E-state index in [4.69, 9.17) is 0 Å². The summed E-state index contributed by atoms with van der Waals surface area (Å²) in [6, 6.07) is 11.8. The van der Waals surface area contributed by atoms with Crippen molar-refractivity contribution in [2.75, 3.05) is 0 Å². The van der Waals surface area contributed by atoms with E-state index in [9.17, 15) is 14.4 Å². The van der Waals surface area contributed by atoms with Gasteiger partial charge in [0, 0.05) is 32.3 Å². The lowest BCUT2D eigenvalue weighted by atomic mass is 9.82. The lowest BCUT2D eigenvalue weighted by Gasteiger charge is -2.19. The van der Waals surface area contributed by atoms with E-state index in [1.165, 1.54) is 6.08 Å². The van der Waals surface area contributed by atoms with Crippen LogP contribution < -0.4 is 0 Å². The first-order chi connectivity index (χ1) is 10.1. The summed E-state index contributed by atoms with van der Waals surface area (Å²) < 4.78 is 0.481. The van der Waals surface area contributed by atoms with E-state index in [1.807, 2.05) is 0 Å². The number of halogens is 1. The molecule has 102 valence electrons. The molecule has 0 bridgehead atoms. The minimum Gasteiger partial charge on any atom is -0.299 e. The zero-order chi connectivity index (χ0) is 15.0. The van der Waals surface area contributed by atoms with Crippen molar-refractivity contribution in [3.8, 4) is 0 Å². The summed E-state index contributed by atoms with van der Waals surface area (Å²) in [7, 11) is 0. The molecule has 0 spiro atoms. The van der Waals surface area contributed by atoms with Crippen molar-refractivity contribution < 1.29 is 14.4 Å². The summed E-state index contributed by atoms with van der Waals surface area (Å²) in [5.74, 6) is -0.375. The number of rotatable bonds is 2. The van der Waals surface area contributed by atoms with Crippen molar-refractivity contribution in [3.63, 3.8) is 0 Å². The van der Waals surface area contributed by atoms with Crippen LogP contribution in [0.4, 0.5) is 0 Å². The van der Waals surface area contributed by atoms with E-state index < -0.39 is 0 Å². The van der Waals surface area contributed by atoms with Crippen molar-refractivity contribution in [1.29, 1.82) is 0 Å². The number of hydrogen-bond donors (Lipinski definition) is 0. The molecule has 2 aromatic carbocycles. The van der Waals surface area contributed by atoms with E-state index in [0.29, 0.717) is 38.6 Å². The Hall–Kier alpha value is -2.33. The molecule has 3 nitrogen and oxygen atoms in total. The smallest absolute Gasteiger partial charge is 0.195 e. The fourth-order valence-corrected chi connectivity index (χ4v) is 2.93. The van der Waals surface area contributed by atoms with Gasteiger partial charge in [0.1, 0.15) is 6.29 Å². The Balaban J connectivity index is 2.31. The van der Waals surface area contributed by atoms with E-state index in [1.54, 1.807) is 42.5 Å². The topological polar surface area (TPSA) is 51.2 Å². The molecule has 0 atom stereocenters. The number of benzene rings is 2. The van der Waals surface area contributed by atoms with Gasteiger partial charge in [0.25, 0.3) is 0 Å². The van der Waals surface area contributed by atoms with Gasteiger partial charge in [-0.2, -0.15) is 0 Å². The second-order valence-corrected chi connectivity index (χ2v) is 5.44. The molecule has 0 N–H and O–H groups in total. The molecule has 0 unspecified atom stereocenters. The number of carbonyl (C=O) groups excluding carboxylic acids is 3. The maximum atomic E-state index is 12.7. The number of fused-ring (bicyclic) bond motifs is 2. The zero-order valence-electron chi connectivity index (χ0n) is 10.8. The molecule has 0 amide bonds. The number of ketones is 2. The van der Waals surface area contributed by atoms with E-state index in [2.05, 4.69) is 15.9 Å². The minimum absolute atomic E-state index is 0.173. The Labute approximate surface area is 129 Å². The number of aldehydes is 1. The Morgan fingerprint density at radius 2 is 1.48 bits per heavy atom. The third kappa shape index (κ3) is 2.08. The van der Waals surface area contributed by atoms with Gasteiger partial charge in [0.05, 0.1) is 0 Å². The largest absolute Gasteiger partial charge is 0.299 e. The predicted molar refractivity (Wildman–Crippen MR) is 82.7 cm³/mol. The summed E-state index contributed by atoms with van der Waals surface area (Å²) >= 11 is 3.28. The second kappa shape index (κ2) is 5.22. The first-order valence-electron chi connectivity index (χ1n) is 6.28. The normalized spacial score (nSPS) is 13.7. The summed E-state index contributed by atoms with van der Waals surface area (Å²) in [4.78, 5) is 35.9. The molecule has 0 saturated carbocycles. The molecule has 0 heterocycles. The van der Waals surface area contributed by atoms with Crippen molar-refractivity contribution in [2.24, 2.45) is 0 Å². The highest BCUT2D eigenvalue weighted by molar-refractivity contribution is 9.15. The Morgan fingerprint density at radius 1 is 0.857 bits per heavy atom. The molecule has 0 aromatic heterocycles. The van der Waals surface area contributed by atoms with Gasteiger partial charge in [-0.1, -0.05) is 58.4 Å². The Kier molecular flexibility index (Phi) is 3.39. The van der Waals surface area contributed by atoms with E-state index >= 15 is 0 Å². The summed E-state index contributed by atoms with van der Waals surface area (Å²) in [5.41, 5.74) is 2.07. The molecule has 3 rings (SSSR count). The van der Waals surface area contributed by atoms with Gasteiger partial charge in [-0.15, -0.1) is 0 Å². The van der Waals surface area contributed by atoms with Gasteiger partial charge in [0.15, 0.2) is 11.6 Å². The predicted octanol–water partition coefficient (Wildman–Crippen LogP) is 3.40. The van der Waals surface area contributed by atoms with Crippen LogP contribution in [0.3, 0.4) is 0 Å². The van der Waals surface area contributed by atoms with Gasteiger partial charge in [-0.05, 0) is 6.08 Å². The second-order valence-electron chi connectivity index (χ2n) is 4.58. The maximum absolute atomic E-state index is 12.7. The van der Waals surface area contributed by atoms with Crippen LogP contribution in [0.5, 0.6) is 0 Å². The van der Waals surface area contributed by atoms with Crippen molar-refractivity contribution in [2.45, 2.75) is 0 Å². The molecule has 0 radical (unpaired) electrons. The van der Waals surface area contributed by atoms with Gasteiger partial charge < -0.3 is 0 Å². The highest BCUT2D eigenvalue weighted by Crippen LogP contribution is 2.34. The van der Waals surface area contributed by atoms with Crippen LogP contribution in [0, 0.1) is 0 Å². The third-order valence-corrected chi connectivity index (χ3v) is 4.12. The third-order valence-electron chi connectivity index (χ3n) is 3.42. The summed E-state index contributed by atoms with van der Waals surface area (Å²) in [6.07, 6.45) is 1.94. The van der Waals surface area contributed by atoms with Gasteiger partial charge in [0.2, 0.25) is 0 Å². The van der Waals surface area contributed by atoms with Gasteiger partial charge >= 0.3 is 0 Å². The highest BCUT2D eigenvalue weighted by atomic mass is 79.9. The highest BCUT2D eigenvalue weighted by Gasteiger charge is 2.31. The quantitative estimate of drug-likeness (QED) is 0.530. The number of allylic oxidation sites excluding steroid dienone is 1. The van der Waals surface area contributed by atoms with E-state index in [-0.39, 0.29) is 11.6 Å². The summed E-state index contributed by atoms with van der Waals surface area (Å²) in [6.45, 7) is 0. The van der Waals surface area contributed by atoms with Crippen molar-refractivity contribution in [3.05, 3.63) is 76.4 Å². The average molecular weight is 341 g/mol. The first kappa shape index (κ1) is 13.6. The fourth-order valence-electron chi connectivity index (χ4n) is 2.49. The van der Waals surface area contributed by atoms with Crippen LogP contribution in [0.15, 0.2) is 48.5 Å². The van der Waals surface area contributed by atoms with Gasteiger partial charge in [-0.25, -0.2) is 0 Å². The van der Waals surface area contributed by atoms with Crippen LogP contribution in [-0.2, 0) is 4.79 Å². The average Bonchev–Trinajstić information content (AvgIpc) is 2.52. The van der Waals surface area contributed by atoms with Gasteiger partial charge in [-0.3, -0.25) is 14.4 Å². The molecule has 1 aliphatic carbocycles. The minimum atomic E-state index is -0.202. The molecule has 21 heavy (non-hydrogen) atoms. The zero-order valence-corrected chi connectivity index (χ0v) is 12.4. The number of hydrogen-bond acceptors (Lipinski definition) is 3. The summed E-state index contributed by atoms with van der Waals surface area (Å²) in [5, 5.41) is 0. The fraction of sp³-hybridized carbons (Fsp3) is 0. The van der Waals surface area contributed by atoms with Crippen molar-refractivity contribution >= 4 is 38.3 Å². The lowest BCUT2D eigenvalue weighted by molar-refractivity contribution is -0.104. The van der Waals surface area contributed by atoms with Crippen LogP contribution in [0.1, 0.15) is 37.4 Å². The van der Waals surface area contributed by atoms with Crippen LogP contribution in [0.2, 0.25) is 0 Å². The molecular formula is C17H9BrO3. The molecule has 1 aliphatic rings. The Morgan fingerprint density at radius 3 is 2.14 bits per heavy atom. The standard InChI is InChI=1S/C17H9BrO3/c18-14(8-9-19)12-6-3-7-13-15(12)17(21)11-5-2-1-4-10(11)16(13)20/h1-9H/b14-8-. The SMILES string of the molecule is O=C/C=C(\Br)c1cccc2c1C(=O)c1ccccc1C2=O. The molecule has 0 fully saturated rings. The van der Waals surface area contributed by atoms with Crippen LogP contribution in [-0.4, -0.2) is 17.9 Å². The van der Waals surface area contributed by atoms with E-state index in [0.717, 1.165) is 0 Å². The lowest BCUT2D eigenvalue weighted by Crippen LogP contribution is -2.22. The molecule has 2 aromatic rings. The monoisotopic (exact) mass is 340 g/mol. The first-order valence-corrected chi connectivity index (χ1v) is 7.07. The van der Waals surface area contributed by atoms with Crippen molar-refractivity contribution in [1.82, 2.24) is 0 Å². The number of carbonyl (C=O) groups is 3.